The van der Waals surface area contributed by atoms with Crippen molar-refractivity contribution >= 4 is 53.9 Å². The Kier molecular flexibility index (Phi) is 6.60. The molecule has 0 heterocycles. The summed E-state index contributed by atoms with van der Waals surface area (Å²) in [5.74, 6) is 0. The first-order chi connectivity index (χ1) is 24.8. The zero-order chi connectivity index (χ0) is 33.0. The van der Waals surface area contributed by atoms with Crippen molar-refractivity contribution < 1.29 is 0 Å². The number of benzene rings is 10. The molecule has 0 atom stereocenters. The first-order valence-electron chi connectivity index (χ1n) is 17.4. The van der Waals surface area contributed by atoms with E-state index in [4.69, 9.17) is 0 Å². The molecular formula is C50H32. The average Bonchev–Trinajstić information content (AvgIpc) is 3.20. The Bertz CT molecular complexity index is 2860. The number of fused-ring (bicyclic) bond motifs is 7. The van der Waals surface area contributed by atoms with Crippen molar-refractivity contribution in [2.24, 2.45) is 0 Å². The molecule has 0 aliphatic carbocycles. The van der Waals surface area contributed by atoms with Gasteiger partial charge in [-0.2, -0.15) is 0 Å². The lowest BCUT2D eigenvalue weighted by atomic mass is 9.85. The van der Waals surface area contributed by atoms with Gasteiger partial charge < -0.3 is 0 Å². The molecule has 0 fully saturated rings. The second kappa shape index (κ2) is 11.6. The van der Waals surface area contributed by atoms with Crippen molar-refractivity contribution in [3.8, 4) is 44.5 Å². The van der Waals surface area contributed by atoms with Crippen LogP contribution in [0.4, 0.5) is 0 Å². The van der Waals surface area contributed by atoms with Crippen LogP contribution in [0.1, 0.15) is 0 Å². The zero-order valence-electron chi connectivity index (χ0n) is 27.5. The Morgan fingerprint density at radius 2 is 0.640 bits per heavy atom. The van der Waals surface area contributed by atoms with Gasteiger partial charge in [-0.1, -0.05) is 176 Å². The molecule has 0 aliphatic rings. The van der Waals surface area contributed by atoms with Crippen LogP contribution >= 0.6 is 0 Å². The SMILES string of the molecule is c1ccc(-c2c3ccccc3c(-c3cccc(-c4cccc(-c5cc6c7ccccc7ccc6c6ccccc56)c4)c3)c3ccccc23)cc1. The molecule has 50 heavy (non-hydrogen) atoms. The van der Waals surface area contributed by atoms with Gasteiger partial charge in [-0.05, 0) is 117 Å². The number of hydrogen-bond donors (Lipinski definition) is 0. The monoisotopic (exact) mass is 632 g/mol. The molecule has 0 spiro atoms. The van der Waals surface area contributed by atoms with Gasteiger partial charge in [-0.15, -0.1) is 0 Å². The lowest BCUT2D eigenvalue weighted by Gasteiger charge is -2.18. The fraction of sp³-hybridized carbons (Fsp3) is 0. The summed E-state index contributed by atoms with van der Waals surface area (Å²) in [5, 5.41) is 12.8. The highest BCUT2D eigenvalue weighted by Gasteiger charge is 2.17. The number of rotatable bonds is 4. The van der Waals surface area contributed by atoms with E-state index in [9.17, 15) is 0 Å². The smallest absolute Gasteiger partial charge is 0.00262 e. The van der Waals surface area contributed by atoms with Gasteiger partial charge in [0.15, 0.2) is 0 Å². The molecule has 0 heteroatoms. The van der Waals surface area contributed by atoms with Crippen molar-refractivity contribution in [2.75, 3.05) is 0 Å². The fourth-order valence-electron chi connectivity index (χ4n) is 8.18. The lowest BCUT2D eigenvalue weighted by Crippen LogP contribution is -1.91. The predicted octanol–water partition coefficient (Wildman–Crippen LogP) is 14.1. The molecule has 0 aliphatic heterocycles. The van der Waals surface area contributed by atoms with Crippen molar-refractivity contribution in [1.29, 1.82) is 0 Å². The summed E-state index contributed by atoms with van der Waals surface area (Å²) in [6.45, 7) is 0. The van der Waals surface area contributed by atoms with E-state index in [1.54, 1.807) is 0 Å². The third-order valence-electron chi connectivity index (χ3n) is 10.4. The summed E-state index contributed by atoms with van der Waals surface area (Å²) in [6.07, 6.45) is 0. The van der Waals surface area contributed by atoms with Gasteiger partial charge >= 0.3 is 0 Å². The van der Waals surface area contributed by atoms with Gasteiger partial charge in [0.2, 0.25) is 0 Å². The molecular weight excluding hydrogens is 601 g/mol. The second-order valence-electron chi connectivity index (χ2n) is 13.2. The topological polar surface area (TPSA) is 0 Å². The summed E-state index contributed by atoms with van der Waals surface area (Å²) in [7, 11) is 0. The van der Waals surface area contributed by atoms with E-state index in [0.717, 1.165) is 0 Å². The van der Waals surface area contributed by atoms with Crippen LogP contribution < -0.4 is 0 Å². The van der Waals surface area contributed by atoms with E-state index in [1.807, 2.05) is 0 Å². The van der Waals surface area contributed by atoms with E-state index in [0.29, 0.717) is 0 Å². The Hall–Kier alpha value is -6.50. The molecule has 0 nitrogen and oxygen atoms in total. The summed E-state index contributed by atoms with van der Waals surface area (Å²) in [6, 6.07) is 71.3. The maximum absolute atomic E-state index is 2.40. The van der Waals surface area contributed by atoms with Gasteiger partial charge in [0.05, 0.1) is 0 Å². The van der Waals surface area contributed by atoms with E-state index in [-0.39, 0.29) is 0 Å². The molecule has 10 aromatic rings. The molecule has 0 saturated heterocycles. The molecule has 10 aromatic carbocycles. The van der Waals surface area contributed by atoms with Gasteiger partial charge in [-0.25, -0.2) is 0 Å². The van der Waals surface area contributed by atoms with Gasteiger partial charge in [0, 0.05) is 0 Å². The quantitative estimate of drug-likeness (QED) is 0.134. The van der Waals surface area contributed by atoms with Crippen LogP contribution in [0.2, 0.25) is 0 Å². The summed E-state index contributed by atoms with van der Waals surface area (Å²) in [5.41, 5.74) is 9.94. The molecule has 0 saturated carbocycles. The van der Waals surface area contributed by atoms with E-state index < -0.39 is 0 Å². The average molecular weight is 633 g/mol. The van der Waals surface area contributed by atoms with E-state index in [1.165, 1.54) is 98.4 Å². The minimum absolute atomic E-state index is 1.21. The van der Waals surface area contributed by atoms with Crippen LogP contribution in [0.25, 0.3) is 98.4 Å². The highest BCUT2D eigenvalue weighted by atomic mass is 14.2. The van der Waals surface area contributed by atoms with Crippen LogP contribution in [0.5, 0.6) is 0 Å². The first kappa shape index (κ1) is 28.5. The molecule has 0 amide bonds. The van der Waals surface area contributed by atoms with Gasteiger partial charge in [-0.3, -0.25) is 0 Å². The fourth-order valence-corrected chi connectivity index (χ4v) is 8.18. The molecule has 0 bridgehead atoms. The van der Waals surface area contributed by atoms with Gasteiger partial charge in [0.1, 0.15) is 0 Å². The third kappa shape index (κ3) is 4.54. The molecule has 10 rings (SSSR count). The van der Waals surface area contributed by atoms with Crippen molar-refractivity contribution in [3.63, 3.8) is 0 Å². The highest BCUT2D eigenvalue weighted by molar-refractivity contribution is 6.22. The van der Waals surface area contributed by atoms with Crippen LogP contribution in [0.3, 0.4) is 0 Å². The van der Waals surface area contributed by atoms with Crippen molar-refractivity contribution in [3.05, 3.63) is 194 Å². The molecule has 0 N–H and O–H groups in total. The standard InChI is InChI=1S/C50H32/c1-2-15-34(16-3-1)49-43-24-8-10-26-45(43)50(46-27-11-9-25-44(46)49)38-20-13-18-36(31-38)35-17-12-19-37(30-35)47-32-48-39-21-5-4-14-33(39)28-29-42(48)40-22-6-7-23-41(40)47/h1-32H. The predicted molar refractivity (Wildman–Crippen MR) is 216 cm³/mol. The molecule has 232 valence electrons. The van der Waals surface area contributed by atoms with Crippen molar-refractivity contribution in [1.82, 2.24) is 0 Å². The van der Waals surface area contributed by atoms with Gasteiger partial charge in [0.25, 0.3) is 0 Å². The van der Waals surface area contributed by atoms with Crippen molar-refractivity contribution in [2.45, 2.75) is 0 Å². The minimum Gasteiger partial charge on any atom is -0.0622 e. The molecule has 0 radical (unpaired) electrons. The maximum Gasteiger partial charge on any atom is -0.00262 e. The normalized spacial score (nSPS) is 11.6. The molecule has 0 aromatic heterocycles. The maximum atomic E-state index is 2.40. The number of hydrogen-bond acceptors (Lipinski definition) is 0. The third-order valence-corrected chi connectivity index (χ3v) is 10.4. The minimum atomic E-state index is 1.21. The van der Waals surface area contributed by atoms with Crippen LogP contribution in [0, 0.1) is 0 Å². The Labute approximate surface area is 291 Å². The van der Waals surface area contributed by atoms with E-state index in [2.05, 4.69) is 194 Å². The lowest BCUT2D eigenvalue weighted by molar-refractivity contribution is 1.60. The summed E-state index contributed by atoms with van der Waals surface area (Å²) in [4.78, 5) is 0. The van der Waals surface area contributed by atoms with E-state index >= 15 is 0 Å². The first-order valence-corrected chi connectivity index (χ1v) is 17.4. The van der Waals surface area contributed by atoms with Crippen LogP contribution in [0.15, 0.2) is 194 Å². The highest BCUT2D eigenvalue weighted by Crippen LogP contribution is 2.44. The Morgan fingerprint density at radius 3 is 1.30 bits per heavy atom. The van der Waals surface area contributed by atoms with Crippen LogP contribution in [-0.2, 0) is 0 Å². The summed E-state index contributed by atoms with van der Waals surface area (Å²) < 4.78 is 0. The zero-order valence-corrected chi connectivity index (χ0v) is 27.5. The summed E-state index contributed by atoms with van der Waals surface area (Å²) >= 11 is 0. The largest absolute Gasteiger partial charge is 0.0622 e. The second-order valence-corrected chi connectivity index (χ2v) is 13.2. The van der Waals surface area contributed by atoms with Crippen LogP contribution in [-0.4, -0.2) is 0 Å². The Morgan fingerprint density at radius 1 is 0.200 bits per heavy atom. The Balaban J connectivity index is 1.16. The molecule has 0 unspecified atom stereocenters.